The Labute approximate surface area is 208 Å². The van der Waals surface area contributed by atoms with Crippen LogP contribution in [0.1, 0.15) is 43.6 Å². The quantitative estimate of drug-likeness (QED) is 0.389. The van der Waals surface area contributed by atoms with E-state index in [9.17, 15) is 23.7 Å². The molecule has 2 aliphatic rings. The number of hydrogen-bond acceptors (Lipinski definition) is 6. The monoisotopic (exact) mass is 503 g/mol. The second-order valence-electron chi connectivity index (χ2n) is 9.33. The minimum Gasteiger partial charge on any atom is -0.490 e. The van der Waals surface area contributed by atoms with Crippen molar-refractivity contribution >= 4 is 11.6 Å². The van der Waals surface area contributed by atoms with Crippen LogP contribution in [0.5, 0.6) is 11.5 Å². The molecule has 0 atom stereocenters. The van der Waals surface area contributed by atoms with E-state index in [1.807, 2.05) is 4.90 Å². The van der Waals surface area contributed by atoms with Gasteiger partial charge in [0.2, 0.25) is 11.7 Å². The molecule has 194 valence electrons. The first kappa shape index (κ1) is 25.8. The van der Waals surface area contributed by atoms with Crippen molar-refractivity contribution in [3.63, 3.8) is 0 Å². The third kappa shape index (κ3) is 6.29. The van der Waals surface area contributed by atoms with Gasteiger partial charge in [0.15, 0.2) is 11.6 Å². The van der Waals surface area contributed by atoms with Gasteiger partial charge in [-0.1, -0.05) is 6.07 Å². The summed E-state index contributed by atoms with van der Waals surface area (Å²) >= 11 is 0. The van der Waals surface area contributed by atoms with Crippen molar-refractivity contribution in [2.45, 2.75) is 44.1 Å². The second kappa shape index (κ2) is 11.6. The maximum absolute atomic E-state index is 13.5. The molecular weight excluding hydrogens is 472 g/mol. The fraction of sp³-hybridized carbons (Fsp3) is 0.500. The SMILES string of the molecule is COc1cc(OC2CCN(C(=O)CCN3CCC(c4ccc(F)c(F)c4)CC3)CC2)ccc1[N+](=O)[O-]. The largest absolute Gasteiger partial charge is 0.490 e. The van der Waals surface area contributed by atoms with Gasteiger partial charge < -0.3 is 19.3 Å². The van der Waals surface area contributed by atoms with E-state index in [2.05, 4.69) is 4.90 Å². The van der Waals surface area contributed by atoms with Gasteiger partial charge in [0, 0.05) is 51.0 Å². The van der Waals surface area contributed by atoms with Gasteiger partial charge in [-0.15, -0.1) is 0 Å². The number of methoxy groups -OCH3 is 1. The molecule has 10 heteroatoms. The average Bonchev–Trinajstić information content (AvgIpc) is 2.89. The summed E-state index contributed by atoms with van der Waals surface area (Å²) in [5.41, 5.74) is 0.723. The van der Waals surface area contributed by atoms with Crippen molar-refractivity contribution in [2.24, 2.45) is 0 Å². The van der Waals surface area contributed by atoms with Gasteiger partial charge in [-0.25, -0.2) is 8.78 Å². The van der Waals surface area contributed by atoms with Crippen LogP contribution in [0.25, 0.3) is 0 Å². The molecule has 2 fully saturated rings. The Bertz CT molecular complexity index is 1080. The van der Waals surface area contributed by atoms with Crippen LogP contribution in [0.15, 0.2) is 36.4 Å². The highest BCUT2D eigenvalue weighted by Crippen LogP contribution is 2.32. The molecule has 0 bridgehead atoms. The molecule has 2 aromatic rings. The van der Waals surface area contributed by atoms with Crippen molar-refractivity contribution in [3.8, 4) is 11.5 Å². The Morgan fingerprint density at radius 1 is 1.03 bits per heavy atom. The highest BCUT2D eigenvalue weighted by molar-refractivity contribution is 5.76. The molecule has 0 radical (unpaired) electrons. The first-order valence-electron chi connectivity index (χ1n) is 12.3. The van der Waals surface area contributed by atoms with Crippen molar-refractivity contribution in [2.75, 3.05) is 39.8 Å². The minimum atomic E-state index is -0.822. The fourth-order valence-corrected chi connectivity index (χ4v) is 4.97. The van der Waals surface area contributed by atoms with Crippen molar-refractivity contribution in [1.82, 2.24) is 9.80 Å². The number of hydrogen-bond donors (Lipinski definition) is 0. The Morgan fingerprint density at radius 2 is 1.75 bits per heavy atom. The maximum Gasteiger partial charge on any atom is 0.311 e. The highest BCUT2D eigenvalue weighted by atomic mass is 19.2. The van der Waals surface area contributed by atoms with Gasteiger partial charge in [0.05, 0.1) is 12.0 Å². The molecule has 2 aromatic carbocycles. The van der Waals surface area contributed by atoms with Gasteiger partial charge in [-0.2, -0.15) is 0 Å². The van der Waals surface area contributed by atoms with E-state index in [1.54, 1.807) is 12.1 Å². The van der Waals surface area contributed by atoms with Crippen LogP contribution < -0.4 is 9.47 Å². The summed E-state index contributed by atoms with van der Waals surface area (Å²) in [6.07, 6.45) is 3.46. The van der Waals surface area contributed by atoms with E-state index in [1.165, 1.54) is 31.4 Å². The summed E-state index contributed by atoms with van der Waals surface area (Å²) in [4.78, 5) is 27.4. The normalized spacial score (nSPS) is 17.7. The molecule has 2 heterocycles. The summed E-state index contributed by atoms with van der Waals surface area (Å²) in [5.74, 6) is -0.637. The second-order valence-corrected chi connectivity index (χ2v) is 9.33. The zero-order valence-electron chi connectivity index (χ0n) is 20.3. The summed E-state index contributed by atoms with van der Waals surface area (Å²) in [5, 5.41) is 11.1. The molecule has 1 amide bonds. The summed E-state index contributed by atoms with van der Waals surface area (Å²) in [7, 11) is 1.38. The molecule has 4 rings (SSSR count). The number of likely N-dealkylation sites (tertiary alicyclic amines) is 2. The topological polar surface area (TPSA) is 85.2 Å². The molecule has 0 aliphatic carbocycles. The molecular formula is C26H31F2N3O5. The van der Waals surface area contributed by atoms with Crippen molar-refractivity contribution in [3.05, 3.63) is 63.7 Å². The number of rotatable bonds is 8. The number of amides is 1. The third-order valence-electron chi connectivity index (χ3n) is 7.09. The van der Waals surface area contributed by atoms with Crippen LogP contribution in [0.2, 0.25) is 0 Å². The average molecular weight is 504 g/mol. The molecule has 0 spiro atoms. The number of ether oxygens (including phenoxy) is 2. The smallest absolute Gasteiger partial charge is 0.311 e. The van der Waals surface area contributed by atoms with E-state index >= 15 is 0 Å². The number of carbonyl (C=O) groups is 1. The molecule has 2 saturated heterocycles. The van der Waals surface area contributed by atoms with Gasteiger partial charge in [0.25, 0.3) is 0 Å². The molecule has 2 aliphatic heterocycles. The van der Waals surface area contributed by atoms with Crippen molar-refractivity contribution in [1.29, 1.82) is 0 Å². The Kier molecular flexibility index (Phi) is 8.35. The number of nitrogens with zero attached hydrogens (tertiary/aromatic N) is 3. The zero-order chi connectivity index (χ0) is 25.7. The van der Waals surface area contributed by atoms with Crippen LogP contribution in [-0.2, 0) is 4.79 Å². The summed E-state index contributed by atoms with van der Waals surface area (Å²) in [6.45, 7) is 3.54. The summed E-state index contributed by atoms with van der Waals surface area (Å²) in [6, 6.07) is 8.60. The van der Waals surface area contributed by atoms with E-state index in [0.717, 1.165) is 31.5 Å². The highest BCUT2D eigenvalue weighted by Gasteiger charge is 2.26. The van der Waals surface area contributed by atoms with Crippen LogP contribution in [0.4, 0.5) is 14.5 Å². The zero-order valence-corrected chi connectivity index (χ0v) is 20.3. The standard InChI is InChI=1S/C26H31F2N3O5/c1-35-25-17-21(3-5-24(25)31(33)34)36-20-8-14-30(15-9-20)26(32)10-13-29-11-6-18(7-12-29)19-2-4-22(27)23(28)16-19/h2-5,16-18,20H,6-15H2,1H3. The lowest BCUT2D eigenvalue weighted by Gasteiger charge is -2.34. The van der Waals surface area contributed by atoms with Crippen LogP contribution in [0.3, 0.4) is 0 Å². The number of carbonyl (C=O) groups excluding carboxylic acids is 1. The van der Waals surface area contributed by atoms with E-state index in [4.69, 9.17) is 9.47 Å². The lowest BCUT2D eigenvalue weighted by Crippen LogP contribution is -2.43. The number of halogens is 2. The van der Waals surface area contributed by atoms with Gasteiger partial charge in [0.1, 0.15) is 11.9 Å². The number of piperidine rings is 2. The van der Waals surface area contributed by atoms with Gasteiger partial charge in [-0.05, 0) is 55.6 Å². The number of nitro benzene ring substituents is 1. The molecule has 0 N–H and O–H groups in total. The van der Waals surface area contributed by atoms with Crippen molar-refractivity contribution < 1.29 is 28.0 Å². The Hall–Kier alpha value is -3.27. The molecule has 8 nitrogen and oxygen atoms in total. The minimum absolute atomic E-state index is 0.0736. The lowest BCUT2D eigenvalue weighted by atomic mass is 9.89. The van der Waals surface area contributed by atoms with Gasteiger partial charge in [-0.3, -0.25) is 14.9 Å². The van der Waals surface area contributed by atoms with Crippen LogP contribution in [-0.4, -0.2) is 66.6 Å². The number of nitro groups is 1. The maximum atomic E-state index is 13.5. The van der Waals surface area contributed by atoms with E-state index in [0.29, 0.717) is 44.6 Å². The summed E-state index contributed by atoms with van der Waals surface area (Å²) < 4.78 is 37.8. The van der Waals surface area contributed by atoms with Crippen LogP contribution >= 0.6 is 0 Å². The van der Waals surface area contributed by atoms with Crippen LogP contribution in [0, 0.1) is 21.7 Å². The predicted molar refractivity (Wildman–Crippen MR) is 129 cm³/mol. The number of benzene rings is 2. The molecule has 0 aromatic heterocycles. The fourth-order valence-electron chi connectivity index (χ4n) is 4.97. The lowest BCUT2D eigenvalue weighted by molar-refractivity contribution is -0.385. The first-order valence-corrected chi connectivity index (χ1v) is 12.3. The van der Waals surface area contributed by atoms with E-state index < -0.39 is 16.6 Å². The van der Waals surface area contributed by atoms with Gasteiger partial charge >= 0.3 is 5.69 Å². The molecule has 0 unspecified atom stereocenters. The Balaban J connectivity index is 1.18. The van der Waals surface area contributed by atoms with E-state index in [-0.39, 0.29) is 29.4 Å². The first-order chi connectivity index (χ1) is 17.3. The predicted octanol–water partition coefficient (Wildman–Crippen LogP) is 4.52. The third-order valence-corrected chi connectivity index (χ3v) is 7.09. The molecule has 36 heavy (non-hydrogen) atoms. The molecule has 0 saturated carbocycles. The Morgan fingerprint density at radius 3 is 2.39 bits per heavy atom.